The first-order valence-corrected chi connectivity index (χ1v) is 6.98. The van der Waals surface area contributed by atoms with E-state index < -0.39 is 0 Å². The number of benzene rings is 1. The molecule has 1 fully saturated rings. The topological polar surface area (TPSA) is 20.3 Å². The van der Waals surface area contributed by atoms with Gasteiger partial charge >= 0.3 is 0 Å². The average Bonchev–Trinajstić information content (AvgIpc) is 2.30. The van der Waals surface area contributed by atoms with Crippen molar-refractivity contribution >= 4 is 40.1 Å². The molecule has 1 heterocycles. The number of amides is 1. The Balaban J connectivity index is 2.11. The summed E-state index contributed by atoms with van der Waals surface area (Å²) in [6.07, 6.45) is 2.16. The van der Waals surface area contributed by atoms with Gasteiger partial charge in [0, 0.05) is 17.0 Å². The lowest BCUT2D eigenvalue weighted by atomic mass is 10.1. The van der Waals surface area contributed by atoms with E-state index >= 15 is 0 Å². The van der Waals surface area contributed by atoms with Gasteiger partial charge in [-0.1, -0.05) is 46.3 Å². The van der Waals surface area contributed by atoms with E-state index in [1.54, 1.807) is 12.1 Å². The number of carbonyl (C=O) groups is 1. The van der Waals surface area contributed by atoms with Crippen LogP contribution in [0, 0.1) is 0 Å². The Morgan fingerprint density at radius 2 is 1.94 bits per heavy atom. The maximum atomic E-state index is 12.2. The normalized spacial score (nSPS) is 17.5. The number of piperidine rings is 1. The summed E-state index contributed by atoms with van der Waals surface area (Å²) >= 11 is 8.47. The molecule has 86 valence electrons. The highest BCUT2D eigenvalue weighted by Gasteiger charge is 2.23. The second kappa shape index (κ2) is 5.36. The van der Waals surface area contributed by atoms with Crippen molar-refractivity contribution in [3.63, 3.8) is 0 Å². The first-order chi connectivity index (χ1) is 7.68. The Morgan fingerprint density at radius 1 is 1.31 bits per heavy atom. The lowest BCUT2D eigenvalue weighted by Crippen LogP contribution is -2.38. The van der Waals surface area contributed by atoms with Crippen LogP contribution in [0.2, 0.25) is 5.02 Å². The van der Waals surface area contributed by atoms with Crippen LogP contribution >= 0.6 is 34.2 Å². The molecule has 1 aliphatic heterocycles. The molecule has 0 saturated carbocycles. The molecule has 0 unspecified atom stereocenters. The number of rotatable bonds is 1. The molecule has 0 aliphatic carbocycles. The zero-order valence-corrected chi connectivity index (χ0v) is 11.7. The molecular weight excluding hydrogens is 336 g/mol. The van der Waals surface area contributed by atoms with E-state index in [-0.39, 0.29) is 5.91 Å². The molecule has 1 amide bonds. The van der Waals surface area contributed by atoms with E-state index in [0.29, 0.717) is 14.5 Å². The molecule has 2 rings (SSSR count). The van der Waals surface area contributed by atoms with Crippen molar-refractivity contribution < 1.29 is 4.79 Å². The van der Waals surface area contributed by atoms with E-state index in [4.69, 9.17) is 11.6 Å². The summed E-state index contributed by atoms with van der Waals surface area (Å²) in [4.78, 5) is 14.1. The quantitative estimate of drug-likeness (QED) is 0.562. The van der Waals surface area contributed by atoms with Crippen LogP contribution in [-0.4, -0.2) is 27.8 Å². The van der Waals surface area contributed by atoms with E-state index in [0.717, 1.165) is 25.9 Å². The van der Waals surface area contributed by atoms with Crippen molar-refractivity contribution in [1.82, 2.24) is 4.90 Å². The summed E-state index contributed by atoms with van der Waals surface area (Å²) in [6.45, 7) is 1.69. The number of carbonyl (C=O) groups excluding carboxylic acids is 1. The van der Waals surface area contributed by atoms with Gasteiger partial charge in [-0.2, -0.15) is 0 Å². The number of hydrogen-bond acceptors (Lipinski definition) is 1. The molecule has 0 N–H and O–H groups in total. The zero-order chi connectivity index (χ0) is 11.5. The van der Waals surface area contributed by atoms with Gasteiger partial charge < -0.3 is 4.90 Å². The minimum atomic E-state index is 0.0638. The van der Waals surface area contributed by atoms with Crippen molar-refractivity contribution in [3.8, 4) is 0 Å². The minimum absolute atomic E-state index is 0.0638. The molecule has 0 aromatic heterocycles. The zero-order valence-electron chi connectivity index (χ0n) is 8.83. The van der Waals surface area contributed by atoms with Gasteiger partial charge in [0.1, 0.15) is 0 Å². The Labute approximate surface area is 114 Å². The molecular formula is C12H13ClINO. The van der Waals surface area contributed by atoms with E-state index in [2.05, 4.69) is 22.6 Å². The molecule has 1 saturated heterocycles. The highest BCUT2D eigenvalue weighted by Crippen LogP contribution is 2.22. The first-order valence-electron chi connectivity index (χ1n) is 5.36. The molecule has 4 heteroatoms. The van der Waals surface area contributed by atoms with Crippen LogP contribution in [0.15, 0.2) is 24.3 Å². The van der Waals surface area contributed by atoms with Crippen LogP contribution in [-0.2, 0) is 0 Å². The Kier molecular flexibility index (Phi) is 4.08. The van der Waals surface area contributed by atoms with Crippen LogP contribution in [0.4, 0.5) is 0 Å². The van der Waals surface area contributed by atoms with Crippen LogP contribution in [0.25, 0.3) is 0 Å². The molecule has 2 nitrogen and oxygen atoms in total. The maximum Gasteiger partial charge on any atom is 0.255 e. The smallest absolute Gasteiger partial charge is 0.255 e. The van der Waals surface area contributed by atoms with E-state index in [1.165, 1.54) is 0 Å². The molecule has 0 radical (unpaired) electrons. The highest BCUT2D eigenvalue weighted by molar-refractivity contribution is 14.1. The van der Waals surface area contributed by atoms with Gasteiger partial charge in [-0.3, -0.25) is 4.79 Å². The lowest BCUT2D eigenvalue weighted by Gasteiger charge is -2.29. The van der Waals surface area contributed by atoms with Crippen molar-refractivity contribution in [2.75, 3.05) is 13.1 Å². The largest absolute Gasteiger partial charge is 0.339 e. The summed E-state index contributed by atoms with van der Waals surface area (Å²) in [5.41, 5.74) is 0.621. The fourth-order valence-electron chi connectivity index (χ4n) is 1.86. The fourth-order valence-corrected chi connectivity index (χ4v) is 2.63. The van der Waals surface area contributed by atoms with Crippen molar-refractivity contribution in [2.45, 2.75) is 16.8 Å². The SMILES string of the molecule is O=C(c1ccccc1Cl)N1CCC(I)CC1. The standard InChI is InChI=1S/C12H13ClINO/c13-11-4-2-1-3-10(11)12(16)15-7-5-9(14)6-8-15/h1-4,9H,5-8H2. The summed E-state index contributed by atoms with van der Waals surface area (Å²) in [5.74, 6) is 0.0638. The Bertz CT molecular complexity index is 388. The molecule has 0 bridgehead atoms. The second-order valence-corrected chi connectivity index (χ2v) is 6.12. The van der Waals surface area contributed by atoms with Crippen LogP contribution in [0.5, 0.6) is 0 Å². The van der Waals surface area contributed by atoms with Crippen molar-refractivity contribution in [3.05, 3.63) is 34.9 Å². The molecule has 1 aromatic carbocycles. The monoisotopic (exact) mass is 349 g/mol. The predicted octanol–water partition coefficient (Wildman–Crippen LogP) is 3.38. The van der Waals surface area contributed by atoms with Crippen molar-refractivity contribution in [1.29, 1.82) is 0 Å². The number of likely N-dealkylation sites (tertiary alicyclic amines) is 1. The average molecular weight is 350 g/mol. The molecule has 1 aliphatic rings. The number of hydrogen-bond donors (Lipinski definition) is 0. The molecule has 1 aromatic rings. The Morgan fingerprint density at radius 3 is 2.56 bits per heavy atom. The van der Waals surface area contributed by atoms with Crippen molar-refractivity contribution in [2.24, 2.45) is 0 Å². The van der Waals surface area contributed by atoms with Gasteiger partial charge in [-0.05, 0) is 25.0 Å². The van der Waals surface area contributed by atoms with Gasteiger partial charge in [-0.15, -0.1) is 0 Å². The van der Waals surface area contributed by atoms with Gasteiger partial charge in [0.2, 0.25) is 0 Å². The third-order valence-corrected chi connectivity index (χ3v) is 4.39. The number of halogens is 2. The van der Waals surface area contributed by atoms with Gasteiger partial charge in [-0.25, -0.2) is 0 Å². The third kappa shape index (κ3) is 2.69. The summed E-state index contributed by atoms with van der Waals surface area (Å²) in [6, 6.07) is 7.25. The summed E-state index contributed by atoms with van der Waals surface area (Å²) < 4.78 is 0.702. The third-order valence-electron chi connectivity index (χ3n) is 2.82. The van der Waals surface area contributed by atoms with Crippen LogP contribution in [0.1, 0.15) is 23.2 Å². The van der Waals surface area contributed by atoms with E-state index in [9.17, 15) is 4.79 Å². The minimum Gasteiger partial charge on any atom is -0.339 e. The predicted molar refractivity (Wildman–Crippen MR) is 74.4 cm³/mol. The first kappa shape index (κ1) is 12.2. The van der Waals surface area contributed by atoms with Crippen LogP contribution in [0.3, 0.4) is 0 Å². The summed E-state index contributed by atoms with van der Waals surface area (Å²) in [7, 11) is 0. The van der Waals surface area contributed by atoms with Crippen LogP contribution < -0.4 is 0 Å². The number of nitrogens with zero attached hydrogens (tertiary/aromatic N) is 1. The van der Waals surface area contributed by atoms with E-state index in [1.807, 2.05) is 17.0 Å². The van der Waals surface area contributed by atoms with Gasteiger partial charge in [0.25, 0.3) is 5.91 Å². The maximum absolute atomic E-state index is 12.2. The van der Waals surface area contributed by atoms with Gasteiger partial charge in [0.15, 0.2) is 0 Å². The Hall–Kier alpha value is -0.290. The number of alkyl halides is 1. The van der Waals surface area contributed by atoms with Gasteiger partial charge in [0.05, 0.1) is 10.6 Å². The lowest BCUT2D eigenvalue weighted by molar-refractivity contribution is 0.0730. The molecule has 16 heavy (non-hydrogen) atoms. The molecule has 0 spiro atoms. The fraction of sp³-hybridized carbons (Fsp3) is 0.417. The highest BCUT2D eigenvalue weighted by atomic mass is 127. The summed E-state index contributed by atoms with van der Waals surface area (Å²) in [5, 5.41) is 0.545. The second-order valence-electron chi connectivity index (χ2n) is 3.95. The molecule has 0 atom stereocenters.